The van der Waals surface area contributed by atoms with Gasteiger partial charge in [-0.1, -0.05) is 31.6 Å². The van der Waals surface area contributed by atoms with Crippen molar-refractivity contribution in [2.75, 3.05) is 0 Å². The number of rotatable bonds is 6. The number of alkyl halides is 3. The van der Waals surface area contributed by atoms with Crippen LogP contribution in [0.4, 0.5) is 30.7 Å². The predicted molar refractivity (Wildman–Crippen MR) is 120 cm³/mol. The lowest BCUT2D eigenvalue weighted by Crippen LogP contribution is -2.17. The molecular weight excluding hydrogens is 473 g/mol. The molecule has 0 aliphatic heterocycles. The summed E-state index contributed by atoms with van der Waals surface area (Å²) in [7, 11) is 0. The molecule has 8 heteroatoms. The maximum atomic E-state index is 15.3. The van der Waals surface area contributed by atoms with Gasteiger partial charge in [0.15, 0.2) is 0 Å². The summed E-state index contributed by atoms with van der Waals surface area (Å²) < 4.78 is 101. The van der Waals surface area contributed by atoms with E-state index in [-0.39, 0.29) is 35.1 Å². The maximum absolute atomic E-state index is 15.3. The van der Waals surface area contributed by atoms with E-state index < -0.39 is 40.9 Å². The van der Waals surface area contributed by atoms with Gasteiger partial charge in [0.2, 0.25) is 0 Å². The quantitative estimate of drug-likeness (QED) is 0.312. The molecule has 0 spiro atoms. The fourth-order valence-corrected chi connectivity index (χ4v) is 4.32. The van der Waals surface area contributed by atoms with Gasteiger partial charge in [-0.25, -0.2) is 17.6 Å². The molecule has 1 aliphatic rings. The summed E-state index contributed by atoms with van der Waals surface area (Å²) in [6, 6.07) is 7.84. The zero-order valence-electron chi connectivity index (χ0n) is 18.7. The first-order valence-corrected chi connectivity index (χ1v) is 11.1. The summed E-state index contributed by atoms with van der Waals surface area (Å²) in [4.78, 5) is 0. The van der Waals surface area contributed by atoms with Crippen molar-refractivity contribution in [1.29, 1.82) is 0 Å². The van der Waals surface area contributed by atoms with Gasteiger partial charge >= 0.3 is 6.36 Å². The van der Waals surface area contributed by atoms with E-state index >= 15 is 4.39 Å². The first kappa shape index (κ1) is 24.8. The highest BCUT2D eigenvalue weighted by Gasteiger charge is 2.31. The molecule has 0 unspecified atom stereocenters. The second-order valence-corrected chi connectivity index (χ2v) is 8.39. The van der Waals surface area contributed by atoms with Crippen LogP contribution in [0.25, 0.3) is 22.8 Å². The van der Waals surface area contributed by atoms with Gasteiger partial charge in [-0.05, 0) is 83.8 Å². The minimum atomic E-state index is -4.89. The molecule has 1 aliphatic carbocycles. The molecule has 0 fully saturated rings. The molecule has 184 valence electrons. The third kappa shape index (κ3) is 5.36. The van der Waals surface area contributed by atoms with Gasteiger partial charge < -0.3 is 4.74 Å². The second-order valence-electron chi connectivity index (χ2n) is 8.39. The van der Waals surface area contributed by atoms with Gasteiger partial charge in [-0.2, -0.15) is 0 Å². The molecule has 1 nitrogen and oxygen atoms in total. The van der Waals surface area contributed by atoms with E-state index in [1.807, 2.05) is 6.92 Å². The summed E-state index contributed by atoms with van der Waals surface area (Å²) in [5.74, 6) is -3.76. The lowest BCUT2D eigenvalue weighted by molar-refractivity contribution is -0.274. The number of aryl methyl sites for hydroxylation is 1. The van der Waals surface area contributed by atoms with Crippen molar-refractivity contribution in [3.8, 4) is 16.9 Å². The smallest absolute Gasteiger partial charge is 0.406 e. The van der Waals surface area contributed by atoms with Crippen molar-refractivity contribution >= 4 is 11.6 Å². The molecular formula is C27H21F7O. The molecule has 35 heavy (non-hydrogen) atoms. The minimum Gasteiger partial charge on any atom is -0.406 e. The van der Waals surface area contributed by atoms with Crippen LogP contribution in [-0.4, -0.2) is 6.36 Å². The van der Waals surface area contributed by atoms with E-state index in [0.717, 1.165) is 43.2 Å². The van der Waals surface area contributed by atoms with Crippen molar-refractivity contribution < 1.29 is 35.5 Å². The maximum Gasteiger partial charge on any atom is 0.573 e. The van der Waals surface area contributed by atoms with E-state index in [2.05, 4.69) is 4.74 Å². The van der Waals surface area contributed by atoms with E-state index in [0.29, 0.717) is 17.6 Å². The van der Waals surface area contributed by atoms with Crippen LogP contribution in [0.15, 0.2) is 42.5 Å². The Hall–Kier alpha value is -3.29. The number of hydrogen-bond acceptors (Lipinski definition) is 1. The van der Waals surface area contributed by atoms with Crippen LogP contribution in [0.2, 0.25) is 0 Å². The zero-order chi connectivity index (χ0) is 25.3. The van der Waals surface area contributed by atoms with Crippen LogP contribution in [0.5, 0.6) is 5.75 Å². The molecule has 0 saturated heterocycles. The van der Waals surface area contributed by atoms with Crippen molar-refractivity contribution in [2.45, 2.75) is 45.4 Å². The normalized spacial score (nSPS) is 13.4. The second kappa shape index (κ2) is 9.76. The van der Waals surface area contributed by atoms with Crippen molar-refractivity contribution in [3.63, 3.8) is 0 Å². The van der Waals surface area contributed by atoms with E-state index in [9.17, 15) is 26.3 Å². The highest BCUT2D eigenvalue weighted by Crippen LogP contribution is 2.39. The van der Waals surface area contributed by atoms with Crippen LogP contribution in [0.3, 0.4) is 0 Å². The SMILES string of the molecule is CCCCc1cc(F)c(C2=Cc3cc(F)c(-c4ccc(OC(F)(F)F)cc4)c(F)c3CC2)c(F)c1. The molecule has 3 aromatic carbocycles. The third-order valence-corrected chi connectivity index (χ3v) is 5.95. The average Bonchev–Trinajstić information content (AvgIpc) is 2.77. The van der Waals surface area contributed by atoms with E-state index in [4.69, 9.17) is 0 Å². The van der Waals surface area contributed by atoms with E-state index in [1.54, 1.807) is 0 Å². The Balaban J connectivity index is 1.68. The molecule has 4 rings (SSSR count). The Morgan fingerprint density at radius 2 is 1.46 bits per heavy atom. The standard InChI is InChI=1S/C27H21F7O/c1-2-3-4-15-11-21(28)24(22(29)12-15)17-7-10-20-18(13-17)14-23(30)25(26(20)31)16-5-8-19(9-6-16)35-27(32,33)34/h5-6,8-9,11-14H,2-4,7,10H2,1H3. The number of allylic oxidation sites excluding steroid dienone is 1. The monoisotopic (exact) mass is 494 g/mol. The summed E-state index contributed by atoms with van der Waals surface area (Å²) >= 11 is 0. The molecule has 0 aromatic heterocycles. The van der Waals surface area contributed by atoms with Gasteiger partial charge in [0.1, 0.15) is 29.0 Å². The topological polar surface area (TPSA) is 9.23 Å². The minimum absolute atomic E-state index is 0.0341. The van der Waals surface area contributed by atoms with Gasteiger partial charge in [0, 0.05) is 5.56 Å². The number of unbranched alkanes of at least 4 members (excludes halogenated alkanes) is 1. The molecule has 0 bridgehead atoms. The average molecular weight is 494 g/mol. The number of fused-ring (bicyclic) bond motifs is 1. The fourth-order valence-electron chi connectivity index (χ4n) is 4.32. The first-order valence-electron chi connectivity index (χ1n) is 11.1. The Kier molecular flexibility index (Phi) is 6.92. The highest BCUT2D eigenvalue weighted by molar-refractivity contribution is 5.86. The lowest BCUT2D eigenvalue weighted by atomic mass is 9.85. The van der Waals surface area contributed by atoms with Gasteiger partial charge in [-0.15, -0.1) is 13.2 Å². The largest absolute Gasteiger partial charge is 0.573 e. The highest BCUT2D eigenvalue weighted by atomic mass is 19.4. The van der Waals surface area contributed by atoms with Gasteiger partial charge in [0.25, 0.3) is 0 Å². The molecule has 0 amide bonds. The Labute approximate surface area is 197 Å². The molecule has 3 aromatic rings. The molecule has 0 radical (unpaired) electrons. The molecule has 0 heterocycles. The van der Waals surface area contributed by atoms with E-state index in [1.165, 1.54) is 18.2 Å². The summed E-state index contributed by atoms with van der Waals surface area (Å²) in [6.45, 7) is 1.98. The summed E-state index contributed by atoms with van der Waals surface area (Å²) in [5.41, 5.74) is 0.618. The summed E-state index contributed by atoms with van der Waals surface area (Å²) in [6.07, 6.45) is -1.06. The van der Waals surface area contributed by atoms with Crippen LogP contribution >= 0.6 is 0 Å². The van der Waals surface area contributed by atoms with Crippen LogP contribution in [0.1, 0.15) is 48.4 Å². The van der Waals surface area contributed by atoms with Crippen LogP contribution in [0, 0.1) is 23.3 Å². The number of halogens is 7. The first-order chi connectivity index (χ1) is 16.6. The zero-order valence-corrected chi connectivity index (χ0v) is 18.7. The predicted octanol–water partition coefficient (Wildman–Crippen LogP) is 8.64. The Morgan fingerprint density at radius 1 is 0.829 bits per heavy atom. The molecule has 0 N–H and O–H groups in total. The van der Waals surface area contributed by atoms with Crippen LogP contribution in [-0.2, 0) is 12.8 Å². The molecule has 0 saturated carbocycles. The van der Waals surface area contributed by atoms with Crippen LogP contribution < -0.4 is 4.74 Å². The van der Waals surface area contributed by atoms with Crippen molar-refractivity contribution in [3.05, 3.63) is 88.0 Å². The molecule has 0 atom stereocenters. The lowest BCUT2D eigenvalue weighted by Gasteiger charge is -2.21. The van der Waals surface area contributed by atoms with Crippen molar-refractivity contribution in [1.82, 2.24) is 0 Å². The number of benzene rings is 3. The Morgan fingerprint density at radius 3 is 2.06 bits per heavy atom. The summed E-state index contributed by atoms with van der Waals surface area (Å²) in [5, 5.41) is 0. The Bertz CT molecular complexity index is 1250. The number of ether oxygens (including phenoxy) is 1. The van der Waals surface area contributed by atoms with Gasteiger partial charge in [-0.3, -0.25) is 0 Å². The fraction of sp³-hybridized carbons (Fsp3) is 0.259. The number of hydrogen-bond donors (Lipinski definition) is 0. The van der Waals surface area contributed by atoms with Gasteiger partial charge in [0.05, 0.1) is 5.56 Å². The van der Waals surface area contributed by atoms with Crippen molar-refractivity contribution in [2.24, 2.45) is 0 Å². The third-order valence-electron chi connectivity index (χ3n) is 5.95.